The van der Waals surface area contributed by atoms with Gasteiger partial charge in [0.2, 0.25) is 0 Å². The molecule has 0 aromatic heterocycles. The van der Waals surface area contributed by atoms with E-state index < -0.39 is 5.79 Å². The van der Waals surface area contributed by atoms with Crippen molar-refractivity contribution in [2.24, 2.45) is 0 Å². The molecule has 2 aromatic rings. The summed E-state index contributed by atoms with van der Waals surface area (Å²) in [5, 5.41) is 0. The van der Waals surface area contributed by atoms with E-state index in [1.807, 2.05) is 48.5 Å². The molecular formula is C18H18Br2O2. The average Bonchev–Trinajstić information content (AvgIpc) is 2.48. The maximum absolute atomic E-state index is 6.30. The van der Waals surface area contributed by atoms with Crippen molar-refractivity contribution in [3.05, 3.63) is 57.5 Å². The van der Waals surface area contributed by atoms with E-state index in [9.17, 15) is 0 Å². The van der Waals surface area contributed by atoms with Gasteiger partial charge in [0.15, 0.2) is 0 Å². The molecule has 1 aliphatic rings. The number of hydrogen-bond acceptors (Lipinski definition) is 2. The van der Waals surface area contributed by atoms with Gasteiger partial charge < -0.3 is 9.47 Å². The minimum Gasteiger partial charge on any atom is -0.452 e. The quantitative estimate of drug-likeness (QED) is 0.532. The van der Waals surface area contributed by atoms with E-state index in [0.29, 0.717) is 0 Å². The lowest BCUT2D eigenvalue weighted by Crippen LogP contribution is -2.44. The molecular weight excluding hydrogens is 408 g/mol. The SMILES string of the molecule is Brc1cccc(OC2(Oc3cccc(Br)c3)CCCCC2)c1. The van der Waals surface area contributed by atoms with Crippen LogP contribution in [0.2, 0.25) is 0 Å². The van der Waals surface area contributed by atoms with E-state index in [1.54, 1.807) is 0 Å². The van der Waals surface area contributed by atoms with Crippen molar-refractivity contribution in [1.29, 1.82) is 0 Å². The molecule has 0 spiro atoms. The van der Waals surface area contributed by atoms with Gasteiger partial charge in [-0.05, 0) is 49.2 Å². The molecule has 0 radical (unpaired) electrons. The highest BCUT2D eigenvalue weighted by Crippen LogP contribution is 2.36. The molecule has 0 saturated heterocycles. The molecule has 4 heteroatoms. The first-order chi connectivity index (χ1) is 10.7. The van der Waals surface area contributed by atoms with Crippen LogP contribution in [-0.4, -0.2) is 5.79 Å². The number of ether oxygens (including phenoxy) is 2. The van der Waals surface area contributed by atoms with E-state index in [0.717, 1.165) is 46.1 Å². The van der Waals surface area contributed by atoms with Crippen molar-refractivity contribution in [3.63, 3.8) is 0 Å². The molecule has 0 amide bonds. The Morgan fingerprint density at radius 3 is 1.68 bits per heavy atom. The Hall–Kier alpha value is -1.00. The van der Waals surface area contributed by atoms with Crippen molar-refractivity contribution in [2.45, 2.75) is 37.9 Å². The lowest BCUT2D eigenvalue weighted by atomic mass is 9.94. The zero-order chi connectivity index (χ0) is 15.4. The second-order valence-corrected chi connectivity index (χ2v) is 7.42. The third-order valence-corrected chi connectivity index (χ3v) is 4.80. The van der Waals surface area contributed by atoms with Crippen LogP contribution in [-0.2, 0) is 0 Å². The molecule has 0 aliphatic heterocycles. The summed E-state index contributed by atoms with van der Waals surface area (Å²) in [6, 6.07) is 15.9. The molecule has 116 valence electrons. The van der Waals surface area contributed by atoms with Gasteiger partial charge in [0.25, 0.3) is 5.79 Å². The molecule has 0 unspecified atom stereocenters. The van der Waals surface area contributed by atoms with Gasteiger partial charge in [-0.15, -0.1) is 0 Å². The average molecular weight is 426 g/mol. The van der Waals surface area contributed by atoms with Gasteiger partial charge in [-0.2, -0.15) is 0 Å². The monoisotopic (exact) mass is 424 g/mol. The summed E-state index contributed by atoms with van der Waals surface area (Å²) in [6.45, 7) is 0. The zero-order valence-electron chi connectivity index (χ0n) is 12.2. The van der Waals surface area contributed by atoms with Crippen LogP contribution in [0.15, 0.2) is 57.5 Å². The fourth-order valence-electron chi connectivity index (χ4n) is 2.81. The van der Waals surface area contributed by atoms with Crippen LogP contribution in [0.5, 0.6) is 11.5 Å². The Morgan fingerprint density at radius 1 is 0.727 bits per heavy atom. The highest BCUT2D eigenvalue weighted by atomic mass is 79.9. The number of halogens is 2. The van der Waals surface area contributed by atoms with Gasteiger partial charge in [0.05, 0.1) is 0 Å². The van der Waals surface area contributed by atoms with Gasteiger partial charge in [-0.3, -0.25) is 0 Å². The molecule has 1 aliphatic carbocycles. The molecule has 3 rings (SSSR count). The highest BCUT2D eigenvalue weighted by Gasteiger charge is 2.36. The Bertz CT molecular complexity index is 587. The Labute approximate surface area is 148 Å². The van der Waals surface area contributed by atoms with Crippen molar-refractivity contribution in [3.8, 4) is 11.5 Å². The van der Waals surface area contributed by atoms with Crippen LogP contribution in [0, 0.1) is 0 Å². The van der Waals surface area contributed by atoms with Crippen LogP contribution in [0.25, 0.3) is 0 Å². The Balaban J connectivity index is 1.84. The van der Waals surface area contributed by atoms with E-state index in [4.69, 9.17) is 9.47 Å². The summed E-state index contributed by atoms with van der Waals surface area (Å²) in [6.07, 6.45) is 5.31. The van der Waals surface area contributed by atoms with Gasteiger partial charge in [-0.1, -0.05) is 50.4 Å². The maximum atomic E-state index is 6.30. The second kappa shape index (κ2) is 7.05. The predicted molar refractivity (Wildman–Crippen MR) is 95.4 cm³/mol. The van der Waals surface area contributed by atoms with Crippen LogP contribution < -0.4 is 9.47 Å². The van der Waals surface area contributed by atoms with E-state index in [1.165, 1.54) is 6.42 Å². The van der Waals surface area contributed by atoms with E-state index >= 15 is 0 Å². The smallest absolute Gasteiger partial charge is 0.251 e. The van der Waals surface area contributed by atoms with Crippen molar-refractivity contribution in [2.75, 3.05) is 0 Å². The third kappa shape index (κ3) is 4.05. The van der Waals surface area contributed by atoms with Crippen molar-refractivity contribution < 1.29 is 9.47 Å². The lowest BCUT2D eigenvalue weighted by Gasteiger charge is -2.37. The largest absolute Gasteiger partial charge is 0.452 e. The summed E-state index contributed by atoms with van der Waals surface area (Å²) in [7, 11) is 0. The molecule has 0 bridgehead atoms. The minimum absolute atomic E-state index is 0.570. The first-order valence-electron chi connectivity index (χ1n) is 7.54. The fraction of sp³-hybridized carbons (Fsp3) is 0.333. The predicted octanol–water partition coefficient (Wildman–Crippen LogP) is 6.33. The van der Waals surface area contributed by atoms with Crippen LogP contribution >= 0.6 is 31.9 Å². The standard InChI is InChI=1S/C18H18Br2O2/c19-14-6-4-8-16(12-14)21-18(10-2-1-3-11-18)22-17-9-5-7-15(20)13-17/h4-9,12-13H,1-3,10-11H2. The van der Waals surface area contributed by atoms with Crippen LogP contribution in [0.3, 0.4) is 0 Å². The first kappa shape index (κ1) is 15.9. The Morgan fingerprint density at radius 2 is 1.23 bits per heavy atom. The molecule has 2 nitrogen and oxygen atoms in total. The van der Waals surface area contributed by atoms with Gasteiger partial charge in [-0.25, -0.2) is 0 Å². The minimum atomic E-state index is -0.570. The summed E-state index contributed by atoms with van der Waals surface area (Å²) in [5.41, 5.74) is 0. The van der Waals surface area contributed by atoms with Crippen molar-refractivity contribution in [1.82, 2.24) is 0 Å². The summed E-state index contributed by atoms with van der Waals surface area (Å²) in [4.78, 5) is 0. The summed E-state index contributed by atoms with van der Waals surface area (Å²) >= 11 is 6.99. The molecule has 0 N–H and O–H groups in total. The molecule has 2 aromatic carbocycles. The maximum Gasteiger partial charge on any atom is 0.251 e. The second-order valence-electron chi connectivity index (χ2n) is 5.59. The summed E-state index contributed by atoms with van der Waals surface area (Å²) in [5.74, 6) is 1.11. The van der Waals surface area contributed by atoms with Crippen molar-refractivity contribution >= 4 is 31.9 Å². The zero-order valence-corrected chi connectivity index (χ0v) is 15.4. The Kier molecular flexibility index (Phi) is 5.09. The fourth-order valence-corrected chi connectivity index (χ4v) is 3.56. The lowest BCUT2D eigenvalue weighted by molar-refractivity contribution is -0.137. The normalized spacial score (nSPS) is 17.0. The molecule has 1 fully saturated rings. The third-order valence-electron chi connectivity index (χ3n) is 3.82. The molecule has 22 heavy (non-hydrogen) atoms. The first-order valence-corrected chi connectivity index (χ1v) is 9.13. The van der Waals surface area contributed by atoms with Gasteiger partial charge in [0, 0.05) is 21.8 Å². The molecule has 0 atom stereocenters. The van der Waals surface area contributed by atoms with Gasteiger partial charge >= 0.3 is 0 Å². The topological polar surface area (TPSA) is 18.5 Å². The van der Waals surface area contributed by atoms with E-state index in [-0.39, 0.29) is 0 Å². The number of benzene rings is 2. The van der Waals surface area contributed by atoms with Crippen LogP contribution in [0.1, 0.15) is 32.1 Å². The molecule has 1 saturated carbocycles. The van der Waals surface area contributed by atoms with E-state index in [2.05, 4.69) is 31.9 Å². The molecule has 0 heterocycles. The number of rotatable bonds is 4. The van der Waals surface area contributed by atoms with Crippen LogP contribution in [0.4, 0.5) is 0 Å². The highest BCUT2D eigenvalue weighted by molar-refractivity contribution is 9.10. The van der Waals surface area contributed by atoms with Gasteiger partial charge in [0.1, 0.15) is 11.5 Å². The summed E-state index contributed by atoms with van der Waals surface area (Å²) < 4.78 is 14.6. The number of hydrogen-bond donors (Lipinski definition) is 0.